The van der Waals surface area contributed by atoms with Crippen LogP contribution in [0, 0.1) is 0 Å². The predicted octanol–water partition coefficient (Wildman–Crippen LogP) is 1.09. The Hall–Kier alpha value is -2.10. The maximum Gasteiger partial charge on any atom is 0.249 e. The Bertz CT molecular complexity index is 442. The summed E-state index contributed by atoms with van der Waals surface area (Å²) in [5.74, 6) is -0.371. The first-order valence-corrected chi connectivity index (χ1v) is 5.51. The minimum Gasteiger partial charge on any atom is -0.341 e. The largest absolute Gasteiger partial charge is 0.341 e. The second kappa shape index (κ2) is 4.82. The molecule has 0 aromatic heterocycles. The highest BCUT2D eigenvalue weighted by Crippen LogP contribution is 2.20. The number of nitrogens with one attached hydrogen (secondary N) is 1. The van der Waals surface area contributed by atoms with Crippen molar-refractivity contribution in [2.45, 2.75) is 12.5 Å². The minimum absolute atomic E-state index is 0.0635. The first-order valence-electron chi connectivity index (χ1n) is 5.51. The fourth-order valence-electron chi connectivity index (χ4n) is 1.91. The third-order valence-corrected chi connectivity index (χ3v) is 2.78. The number of hydrogen-bond donors (Lipinski definition) is 1. The maximum atomic E-state index is 12.0. The lowest BCUT2D eigenvalue weighted by Gasteiger charge is -2.16. The molecule has 1 aromatic rings. The second-order valence-corrected chi connectivity index (χ2v) is 3.88. The van der Waals surface area contributed by atoms with Crippen LogP contribution in [0.15, 0.2) is 43.0 Å². The first kappa shape index (κ1) is 11.4. The zero-order valence-electron chi connectivity index (χ0n) is 9.43. The van der Waals surface area contributed by atoms with Gasteiger partial charge in [-0.15, -0.1) is 0 Å². The molecule has 1 aliphatic heterocycles. The van der Waals surface area contributed by atoms with Gasteiger partial charge in [0.05, 0.1) is 0 Å². The van der Waals surface area contributed by atoms with Crippen molar-refractivity contribution in [2.24, 2.45) is 0 Å². The summed E-state index contributed by atoms with van der Waals surface area (Å²) >= 11 is 0. The number of nitrogens with zero attached hydrogens (tertiary/aromatic N) is 1. The number of carbonyl (C=O) groups excluding carboxylic acids is 2. The van der Waals surface area contributed by atoms with Gasteiger partial charge in [-0.1, -0.05) is 24.8 Å². The zero-order valence-corrected chi connectivity index (χ0v) is 9.43. The summed E-state index contributed by atoms with van der Waals surface area (Å²) in [6.45, 7) is 4.00. The molecule has 1 N–H and O–H groups in total. The van der Waals surface area contributed by atoms with Crippen LogP contribution in [0.25, 0.3) is 0 Å². The molecule has 1 heterocycles. The lowest BCUT2D eigenvalue weighted by atomic mass is 10.2. The molecule has 1 aromatic carbocycles. The van der Waals surface area contributed by atoms with E-state index >= 15 is 0 Å². The molecule has 1 unspecified atom stereocenters. The summed E-state index contributed by atoms with van der Waals surface area (Å²) in [4.78, 5) is 24.9. The van der Waals surface area contributed by atoms with E-state index in [1.165, 1.54) is 6.08 Å². The monoisotopic (exact) mass is 230 g/mol. The Morgan fingerprint density at radius 2 is 2.12 bits per heavy atom. The van der Waals surface area contributed by atoms with Crippen molar-refractivity contribution in [2.75, 3.05) is 11.4 Å². The molecule has 0 bridgehead atoms. The molecule has 0 aliphatic carbocycles. The number of hydrogen-bond acceptors (Lipinski definition) is 2. The Balaban J connectivity index is 2.08. The van der Waals surface area contributed by atoms with E-state index in [4.69, 9.17) is 0 Å². The van der Waals surface area contributed by atoms with Gasteiger partial charge in [0.15, 0.2) is 0 Å². The summed E-state index contributed by atoms with van der Waals surface area (Å²) in [5, 5.41) is 2.63. The zero-order chi connectivity index (χ0) is 12.3. The van der Waals surface area contributed by atoms with E-state index in [1.807, 2.05) is 30.3 Å². The second-order valence-electron chi connectivity index (χ2n) is 3.88. The molecule has 0 saturated carbocycles. The number of benzene rings is 1. The van der Waals surface area contributed by atoms with E-state index in [0.29, 0.717) is 13.0 Å². The molecule has 4 heteroatoms. The molecule has 1 saturated heterocycles. The van der Waals surface area contributed by atoms with Crippen molar-refractivity contribution in [3.05, 3.63) is 43.0 Å². The fourth-order valence-corrected chi connectivity index (χ4v) is 1.91. The van der Waals surface area contributed by atoms with Gasteiger partial charge < -0.3 is 10.2 Å². The van der Waals surface area contributed by atoms with Crippen LogP contribution >= 0.6 is 0 Å². The highest BCUT2D eigenvalue weighted by molar-refractivity contribution is 6.02. The molecule has 2 amide bonds. The van der Waals surface area contributed by atoms with Crippen molar-refractivity contribution >= 4 is 17.5 Å². The maximum absolute atomic E-state index is 12.0. The Labute approximate surface area is 99.9 Å². The van der Waals surface area contributed by atoms with Gasteiger partial charge in [-0.05, 0) is 24.6 Å². The van der Waals surface area contributed by atoms with Gasteiger partial charge in [-0.2, -0.15) is 0 Å². The van der Waals surface area contributed by atoms with Crippen molar-refractivity contribution in [1.29, 1.82) is 0 Å². The first-order chi connectivity index (χ1) is 8.22. The van der Waals surface area contributed by atoms with Gasteiger partial charge in [0.25, 0.3) is 0 Å². The molecule has 0 spiro atoms. The van der Waals surface area contributed by atoms with Crippen molar-refractivity contribution < 1.29 is 9.59 Å². The third-order valence-electron chi connectivity index (χ3n) is 2.78. The molecular formula is C13H14N2O2. The molecule has 2 rings (SSSR count). The van der Waals surface area contributed by atoms with E-state index < -0.39 is 6.04 Å². The van der Waals surface area contributed by atoms with E-state index in [9.17, 15) is 9.59 Å². The Morgan fingerprint density at radius 3 is 2.76 bits per heavy atom. The Morgan fingerprint density at radius 1 is 1.41 bits per heavy atom. The number of anilines is 1. The standard InChI is InChI=1S/C13H14N2O2/c1-2-12(16)14-11-8-9-15(13(11)17)10-6-4-3-5-7-10/h2-7,11H,1,8-9H2,(H,14,16). The van der Waals surface area contributed by atoms with E-state index in [-0.39, 0.29) is 11.8 Å². The van der Waals surface area contributed by atoms with Crippen molar-refractivity contribution in [3.63, 3.8) is 0 Å². The number of para-hydroxylation sites is 1. The lowest BCUT2D eigenvalue weighted by Crippen LogP contribution is -2.40. The molecule has 1 aliphatic rings. The molecule has 88 valence electrons. The van der Waals surface area contributed by atoms with E-state index in [2.05, 4.69) is 11.9 Å². The molecule has 0 radical (unpaired) electrons. The third kappa shape index (κ3) is 2.36. The smallest absolute Gasteiger partial charge is 0.249 e. The van der Waals surface area contributed by atoms with Crippen molar-refractivity contribution in [3.8, 4) is 0 Å². The van der Waals surface area contributed by atoms with Gasteiger partial charge in [0.1, 0.15) is 6.04 Å². The SMILES string of the molecule is C=CC(=O)NC1CCN(c2ccccc2)C1=O. The lowest BCUT2D eigenvalue weighted by molar-refractivity contribution is -0.123. The van der Waals surface area contributed by atoms with Crippen LogP contribution in [0.1, 0.15) is 6.42 Å². The van der Waals surface area contributed by atoms with Gasteiger partial charge >= 0.3 is 0 Å². The number of carbonyl (C=O) groups is 2. The van der Waals surface area contributed by atoms with E-state index in [1.54, 1.807) is 4.90 Å². The van der Waals surface area contributed by atoms with E-state index in [0.717, 1.165) is 5.69 Å². The van der Waals surface area contributed by atoms with Crippen LogP contribution in [0.4, 0.5) is 5.69 Å². The van der Waals surface area contributed by atoms with Crippen molar-refractivity contribution in [1.82, 2.24) is 5.32 Å². The highest BCUT2D eigenvalue weighted by atomic mass is 16.2. The average Bonchev–Trinajstić information content (AvgIpc) is 2.72. The van der Waals surface area contributed by atoms with Crippen LogP contribution in [0.3, 0.4) is 0 Å². The highest BCUT2D eigenvalue weighted by Gasteiger charge is 2.32. The number of amides is 2. The quantitative estimate of drug-likeness (QED) is 0.790. The van der Waals surface area contributed by atoms with Crippen LogP contribution in [-0.2, 0) is 9.59 Å². The van der Waals surface area contributed by atoms with Crippen LogP contribution in [-0.4, -0.2) is 24.4 Å². The Kier molecular flexibility index (Phi) is 3.23. The van der Waals surface area contributed by atoms with Gasteiger partial charge in [0.2, 0.25) is 11.8 Å². The van der Waals surface area contributed by atoms with Gasteiger partial charge in [-0.25, -0.2) is 0 Å². The summed E-state index contributed by atoms with van der Waals surface area (Å²) in [7, 11) is 0. The summed E-state index contributed by atoms with van der Waals surface area (Å²) in [6.07, 6.45) is 1.81. The summed E-state index contributed by atoms with van der Waals surface area (Å²) < 4.78 is 0. The predicted molar refractivity (Wildman–Crippen MR) is 65.5 cm³/mol. The van der Waals surface area contributed by atoms with Crippen LogP contribution in [0.2, 0.25) is 0 Å². The van der Waals surface area contributed by atoms with Crippen LogP contribution in [0.5, 0.6) is 0 Å². The molecule has 1 fully saturated rings. The summed E-state index contributed by atoms with van der Waals surface area (Å²) in [6, 6.07) is 9.02. The molecular weight excluding hydrogens is 216 g/mol. The van der Waals surface area contributed by atoms with Gasteiger partial charge in [-0.3, -0.25) is 9.59 Å². The molecule has 4 nitrogen and oxygen atoms in total. The fraction of sp³-hybridized carbons (Fsp3) is 0.231. The minimum atomic E-state index is -0.430. The topological polar surface area (TPSA) is 49.4 Å². The molecule has 1 atom stereocenters. The number of rotatable bonds is 3. The summed E-state index contributed by atoms with van der Waals surface area (Å²) in [5.41, 5.74) is 0.868. The average molecular weight is 230 g/mol. The molecule has 17 heavy (non-hydrogen) atoms. The van der Waals surface area contributed by atoms with Crippen LogP contribution < -0.4 is 10.2 Å². The normalized spacial score (nSPS) is 19.2. The van der Waals surface area contributed by atoms with Gasteiger partial charge in [0, 0.05) is 12.2 Å².